The lowest BCUT2D eigenvalue weighted by molar-refractivity contribution is 0.219. The molecule has 1 N–H and O–H groups in total. The fourth-order valence-corrected chi connectivity index (χ4v) is 2.90. The minimum absolute atomic E-state index is 0.00265. The monoisotopic (exact) mass is 332 g/mol. The van der Waals surface area contributed by atoms with Gasteiger partial charge in [-0.15, -0.1) is 0 Å². The Balaban J connectivity index is 1.96. The number of nitrogens with one attached hydrogen (secondary N) is 1. The molecule has 1 aromatic rings. The molecule has 0 bridgehead atoms. The first-order valence-corrected chi connectivity index (χ1v) is 7.53. The highest BCUT2D eigenvalue weighted by atomic mass is 79.9. The highest BCUT2D eigenvalue weighted by molar-refractivity contribution is 9.10. The van der Waals surface area contributed by atoms with Crippen molar-refractivity contribution in [1.29, 1.82) is 0 Å². The van der Waals surface area contributed by atoms with Crippen molar-refractivity contribution in [1.82, 2.24) is 4.90 Å². The normalized spacial score (nSPS) is 17.7. The van der Waals surface area contributed by atoms with Gasteiger partial charge in [-0.2, -0.15) is 0 Å². The van der Waals surface area contributed by atoms with E-state index in [4.69, 9.17) is 0 Å². The number of likely N-dealkylation sites (tertiary alicyclic amines) is 1. The van der Waals surface area contributed by atoms with E-state index in [0.29, 0.717) is 4.47 Å². The predicted octanol–water partition coefficient (Wildman–Crippen LogP) is 4.01. The van der Waals surface area contributed by atoms with Crippen molar-refractivity contribution in [3.8, 4) is 0 Å². The Kier molecular flexibility index (Phi) is 5.16. The second-order valence-electron chi connectivity index (χ2n) is 5.00. The van der Waals surface area contributed by atoms with Crippen molar-refractivity contribution in [2.45, 2.75) is 32.2 Å². The fourth-order valence-electron chi connectivity index (χ4n) is 2.50. The number of anilines is 1. The Bertz CT molecular complexity index is 408. The zero-order valence-electron chi connectivity index (χ0n) is 11.1. The van der Waals surface area contributed by atoms with Crippen LogP contribution in [0.3, 0.4) is 0 Å². The predicted molar refractivity (Wildman–Crippen MR) is 77.4 cm³/mol. The van der Waals surface area contributed by atoms with Gasteiger partial charge in [0.25, 0.3) is 0 Å². The van der Waals surface area contributed by atoms with Crippen LogP contribution in [0.2, 0.25) is 0 Å². The summed E-state index contributed by atoms with van der Waals surface area (Å²) in [7, 11) is 0. The molecule has 1 saturated heterocycles. The molecule has 2 nitrogen and oxygen atoms in total. The largest absolute Gasteiger partial charge is 0.377 e. The molecule has 5 heteroatoms. The lowest BCUT2D eigenvalue weighted by atomic mass is 10.0. The first-order valence-electron chi connectivity index (χ1n) is 6.73. The third-order valence-corrected chi connectivity index (χ3v) is 3.94. The average molecular weight is 333 g/mol. The highest BCUT2D eigenvalue weighted by Crippen LogP contribution is 2.26. The van der Waals surface area contributed by atoms with E-state index in [0.717, 1.165) is 38.9 Å². The van der Waals surface area contributed by atoms with Gasteiger partial charge in [0, 0.05) is 23.6 Å². The topological polar surface area (TPSA) is 15.3 Å². The molecule has 1 fully saturated rings. The van der Waals surface area contributed by atoms with Crippen LogP contribution in [0.15, 0.2) is 16.6 Å². The molecule has 1 aliphatic heterocycles. The second-order valence-corrected chi connectivity index (χ2v) is 5.92. The zero-order valence-corrected chi connectivity index (χ0v) is 12.6. The number of benzene rings is 1. The maximum Gasteiger partial charge on any atom is 0.150 e. The second kappa shape index (κ2) is 6.66. The van der Waals surface area contributed by atoms with Crippen molar-refractivity contribution in [2.75, 3.05) is 25.0 Å². The van der Waals surface area contributed by atoms with Gasteiger partial charge in [-0.1, -0.05) is 22.9 Å². The minimum atomic E-state index is -0.539. The molecule has 0 spiro atoms. The number of piperidine rings is 1. The summed E-state index contributed by atoms with van der Waals surface area (Å²) in [6.45, 7) is 5.25. The van der Waals surface area contributed by atoms with E-state index in [9.17, 15) is 8.78 Å². The summed E-state index contributed by atoms with van der Waals surface area (Å²) in [5.74, 6) is -1.08. The molecule has 0 amide bonds. The van der Waals surface area contributed by atoms with Gasteiger partial charge in [0.15, 0.2) is 0 Å². The average Bonchev–Trinajstić information content (AvgIpc) is 2.36. The van der Waals surface area contributed by atoms with Crippen LogP contribution in [0, 0.1) is 11.6 Å². The SMILES string of the molecule is CCCN1CCC(Nc2c(F)cc(Br)cc2F)CC1. The molecule has 106 valence electrons. The first kappa shape index (κ1) is 14.7. The molecule has 0 unspecified atom stereocenters. The molecule has 0 radical (unpaired) electrons. The lowest BCUT2D eigenvalue weighted by Gasteiger charge is -2.32. The lowest BCUT2D eigenvalue weighted by Crippen LogP contribution is -2.39. The van der Waals surface area contributed by atoms with Crippen molar-refractivity contribution in [3.63, 3.8) is 0 Å². The van der Waals surface area contributed by atoms with Gasteiger partial charge in [-0.05, 0) is 37.9 Å². The van der Waals surface area contributed by atoms with Gasteiger partial charge in [-0.25, -0.2) is 8.78 Å². The van der Waals surface area contributed by atoms with Crippen LogP contribution >= 0.6 is 15.9 Å². The van der Waals surface area contributed by atoms with E-state index in [-0.39, 0.29) is 11.7 Å². The summed E-state index contributed by atoms with van der Waals surface area (Å²) in [6.07, 6.45) is 3.00. The molecule has 0 aliphatic carbocycles. The van der Waals surface area contributed by atoms with Crippen LogP contribution in [0.4, 0.5) is 14.5 Å². The summed E-state index contributed by atoms with van der Waals surface area (Å²) in [4.78, 5) is 2.40. The molecule has 1 aliphatic rings. The van der Waals surface area contributed by atoms with Gasteiger partial charge >= 0.3 is 0 Å². The van der Waals surface area contributed by atoms with E-state index < -0.39 is 11.6 Å². The summed E-state index contributed by atoms with van der Waals surface area (Å²) < 4.78 is 27.9. The summed E-state index contributed by atoms with van der Waals surface area (Å²) in [5.41, 5.74) is -0.00265. The van der Waals surface area contributed by atoms with Crippen molar-refractivity contribution < 1.29 is 8.78 Å². The van der Waals surface area contributed by atoms with Crippen LogP contribution in [0.25, 0.3) is 0 Å². The van der Waals surface area contributed by atoms with E-state index in [1.165, 1.54) is 12.1 Å². The Morgan fingerprint density at radius 3 is 2.37 bits per heavy atom. The van der Waals surface area contributed by atoms with Crippen LogP contribution in [-0.4, -0.2) is 30.6 Å². The minimum Gasteiger partial charge on any atom is -0.377 e. The maximum atomic E-state index is 13.7. The maximum absolute atomic E-state index is 13.7. The first-order chi connectivity index (χ1) is 9.10. The summed E-state index contributed by atoms with van der Waals surface area (Å²) in [5, 5.41) is 3.01. The van der Waals surface area contributed by atoms with Gasteiger partial charge in [0.05, 0.1) is 0 Å². The van der Waals surface area contributed by atoms with Gasteiger partial charge in [-0.3, -0.25) is 0 Å². The van der Waals surface area contributed by atoms with Crippen molar-refractivity contribution in [2.24, 2.45) is 0 Å². The van der Waals surface area contributed by atoms with Gasteiger partial charge in [0.2, 0.25) is 0 Å². The third-order valence-electron chi connectivity index (χ3n) is 3.48. The number of hydrogen-bond acceptors (Lipinski definition) is 2. The molecular formula is C14H19BrF2N2. The van der Waals surface area contributed by atoms with Crippen LogP contribution in [-0.2, 0) is 0 Å². The van der Waals surface area contributed by atoms with E-state index in [1.54, 1.807) is 0 Å². The number of halogens is 3. The Labute approximate surface area is 121 Å². The van der Waals surface area contributed by atoms with Crippen LogP contribution in [0.5, 0.6) is 0 Å². The molecule has 0 atom stereocenters. The van der Waals surface area contributed by atoms with Gasteiger partial charge in [0.1, 0.15) is 17.3 Å². The summed E-state index contributed by atoms with van der Waals surface area (Å²) >= 11 is 3.08. The van der Waals surface area contributed by atoms with Crippen molar-refractivity contribution >= 4 is 21.6 Å². The molecule has 1 aromatic carbocycles. The standard InChI is InChI=1S/C14H19BrF2N2/c1-2-5-19-6-3-11(4-7-19)18-14-12(16)8-10(15)9-13(14)17/h8-9,11,18H,2-7H2,1H3. The Morgan fingerprint density at radius 1 is 1.26 bits per heavy atom. The van der Waals surface area contributed by atoms with Crippen molar-refractivity contribution in [3.05, 3.63) is 28.2 Å². The third kappa shape index (κ3) is 3.89. The fraction of sp³-hybridized carbons (Fsp3) is 0.571. The smallest absolute Gasteiger partial charge is 0.150 e. The number of hydrogen-bond donors (Lipinski definition) is 1. The molecular weight excluding hydrogens is 314 g/mol. The molecule has 0 saturated carbocycles. The Morgan fingerprint density at radius 2 is 1.84 bits per heavy atom. The summed E-state index contributed by atoms with van der Waals surface area (Å²) in [6, 6.07) is 2.73. The van der Waals surface area contributed by atoms with Crippen LogP contribution in [0.1, 0.15) is 26.2 Å². The zero-order chi connectivity index (χ0) is 13.8. The van der Waals surface area contributed by atoms with Crippen LogP contribution < -0.4 is 5.32 Å². The van der Waals surface area contributed by atoms with Gasteiger partial charge < -0.3 is 10.2 Å². The van der Waals surface area contributed by atoms with E-state index in [1.807, 2.05) is 0 Å². The Hall–Kier alpha value is -0.680. The molecule has 19 heavy (non-hydrogen) atoms. The quantitative estimate of drug-likeness (QED) is 0.896. The number of rotatable bonds is 4. The van der Waals surface area contributed by atoms with E-state index >= 15 is 0 Å². The van der Waals surface area contributed by atoms with E-state index in [2.05, 4.69) is 33.1 Å². The molecule has 2 rings (SSSR count). The number of nitrogens with zero attached hydrogens (tertiary/aromatic N) is 1. The molecule has 1 heterocycles. The molecule has 0 aromatic heterocycles. The highest BCUT2D eigenvalue weighted by Gasteiger charge is 2.21.